The highest BCUT2D eigenvalue weighted by molar-refractivity contribution is 7.22. The van der Waals surface area contributed by atoms with Gasteiger partial charge < -0.3 is 10.1 Å². The van der Waals surface area contributed by atoms with Gasteiger partial charge in [0.1, 0.15) is 0 Å². The highest BCUT2D eigenvalue weighted by Gasteiger charge is 2.27. The van der Waals surface area contributed by atoms with Crippen molar-refractivity contribution in [2.75, 3.05) is 18.5 Å². The lowest BCUT2D eigenvalue weighted by Gasteiger charge is -2.34. The van der Waals surface area contributed by atoms with Gasteiger partial charge >= 0.3 is 0 Å². The molecule has 1 fully saturated rings. The predicted molar refractivity (Wildman–Crippen MR) is 76.7 cm³/mol. The van der Waals surface area contributed by atoms with Gasteiger partial charge in [-0.2, -0.15) is 0 Å². The lowest BCUT2D eigenvalue weighted by molar-refractivity contribution is 0.0658. The van der Waals surface area contributed by atoms with E-state index in [1.54, 1.807) is 11.3 Å². The molecule has 1 aliphatic heterocycles. The molecule has 2 aromatic rings. The summed E-state index contributed by atoms with van der Waals surface area (Å²) in [6.07, 6.45) is 2.04. The molecule has 96 valence electrons. The molecule has 5 heteroatoms. The molecular formula is C13H15ClN2OS. The average molecular weight is 283 g/mol. The molecule has 18 heavy (non-hydrogen) atoms. The molecule has 0 unspecified atom stereocenters. The van der Waals surface area contributed by atoms with Gasteiger partial charge in [-0.3, -0.25) is 0 Å². The molecule has 0 amide bonds. The highest BCUT2D eigenvalue weighted by Crippen LogP contribution is 2.32. The maximum atomic E-state index is 5.97. The first-order valence-corrected chi connectivity index (χ1v) is 7.26. The number of aromatic nitrogens is 1. The number of nitrogens with one attached hydrogen (secondary N) is 1. The molecule has 0 aliphatic carbocycles. The lowest BCUT2D eigenvalue weighted by Crippen LogP contribution is -2.40. The van der Waals surface area contributed by atoms with E-state index in [2.05, 4.69) is 17.2 Å². The molecule has 1 N–H and O–H groups in total. The van der Waals surface area contributed by atoms with Crippen LogP contribution in [0.4, 0.5) is 5.13 Å². The first kappa shape index (κ1) is 12.2. The minimum atomic E-state index is 0.0932. The molecule has 1 aliphatic rings. The van der Waals surface area contributed by atoms with Crippen molar-refractivity contribution in [2.45, 2.75) is 25.3 Å². The molecule has 1 aromatic heterocycles. The van der Waals surface area contributed by atoms with Gasteiger partial charge in [0.2, 0.25) is 0 Å². The van der Waals surface area contributed by atoms with Crippen LogP contribution in [0.25, 0.3) is 10.2 Å². The fraction of sp³-hybridized carbons (Fsp3) is 0.462. The Labute approximate surface area is 115 Å². The standard InChI is InChI=1S/C13H15ClN2OS/c1-13(4-6-17-7-5-13)16-12-15-10-8-9(14)2-3-11(10)18-12/h2-3,8H,4-7H2,1H3,(H,15,16). The first-order valence-electron chi connectivity index (χ1n) is 6.07. The predicted octanol–water partition coefficient (Wildman–Crippen LogP) is 3.93. The molecule has 0 saturated carbocycles. The maximum absolute atomic E-state index is 5.97. The summed E-state index contributed by atoms with van der Waals surface area (Å²) in [6, 6.07) is 5.83. The Hall–Kier alpha value is -0.840. The van der Waals surface area contributed by atoms with Crippen molar-refractivity contribution in [3.05, 3.63) is 23.2 Å². The third-order valence-electron chi connectivity index (χ3n) is 3.35. The Morgan fingerprint density at radius 2 is 2.17 bits per heavy atom. The minimum Gasteiger partial charge on any atom is -0.381 e. The molecule has 3 nitrogen and oxygen atoms in total. The van der Waals surface area contributed by atoms with Crippen molar-refractivity contribution in [3.63, 3.8) is 0 Å². The number of halogens is 1. The van der Waals surface area contributed by atoms with Crippen LogP contribution in [0.2, 0.25) is 5.02 Å². The average Bonchev–Trinajstić information content (AvgIpc) is 2.70. The molecule has 0 atom stereocenters. The van der Waals surface area contributed by atoms with Crippen LogP contribution in [-0.2, 0) is 4.74 Å². The number of thiazole rings is 1. The Balaban J connectivity index is 1.86. The number of hydrogen-bond donors (Lipinski definition) is 1. The summed E-state index contributed by atoms with van der Waals surface area (Å²) >= 11 is 7.65. The minimum absolute atomic E-state index is 0.0932. The van der Waals surface area contributed by atoms with E-state index < -0.39 is 0 Å². The molecule has 2 heterocycles. The normalized spacial score (nSPS) is 19.0. The molecule has 1 aromatic carbocycles. The fourth-order valence-corrected chi connectivity index (χ4v) is 3.32. The van der Waals surface area contributed by atoms with Gasteiger partial charge in [0.15, 0.2) is 5.13 Å². The van der Waals surface area contributed by atoms with Crippen LogP contribution in [-0.4, -0.2) is 23.7 Å². The van der Waals surface area contributed by atoms with Gasteiger partial charge in [-0.15, -0.1) is 0 Å². The SMILES string of the molecule is CC1(Nc2nc3cc(Cl)ccc3s2)CCOCC1. The zero-order valence-corrected chi connectivity index (χ0v) is 11.8. The van der Waals surface area contributed by atoms with Gasteiger partial charge in [0.05, 0.1) is 10.2 Å². The Bertz CT molecular complexity index is 563. The highest BCUT2D eigenvalue weighted by atomic mass is 35.5. The fourth-order valence-electron chi connectivity index (χ4n) is 2.16. The second-order valence-corrected chi connectivity index (χ2v) is 6.40. The van der Waals surface area contributed by atoms with Gasteiger partial charge in [-0.1, -0.05) is 22.9 Å². The third kappa shape index (κ3) is 2.46. The van der Waals surface area contributed by atoms with E-state index in [4.69, 9.17) is 16.3 Å². The summed E-state index contributed by atoms with van der Waals surface area (Å²) in [7, 11) is 0. The van der Waals surface area contributed by atoms with E-state index in [0.29, 0.717) is 0 Å². The van der Waals surface area contributed by atoms with E-state index in [0.717, 1.165) is 46.4 Å². The number of hydrogen-bond acceptors (Lipinski definition) is 4. The number of rotatable bonds is 2. The Morgan fingerprint density at radius 1 is 1.39 bits per heavy atom. The van der Waals surface area contributed by atoms with Gasteiger partial charge in [0.25, 0.3) is 0 Å². The topological polar surface area (TPSA) is 34.2 Å². The van der Waals surface area contributed by atoms with Crippen LogP contribution in [0.5, 0.6) is 0 Å². The van der Waals surface area contributed by atoms with Crippen LogP contribution in [0, 0.1) is 0 Å². The summed E-state index contributed by atoms with van der Waals surface area (Å²) < 4.78 is 6.57. The monoisotopic (exact) mass is 282 g/mol. The number of ether oxygens (including phenoxy) is 1. The second kappa shape index (κ2) is 4.68. The molecule has 0 bridgehead atoms. The van der Waals surface area contributed by atoms with Crippen molar-refractivity contribution in [3.8, 4) is 0 Å². The quantitative estimate of drug-likeness (QED) is 0.906. The van der Waals surface area contributed by atoms with Crippen LogP contribution in [0.3, 0.4) is 0 Å². The number of anilines is 1. The summed E-state index contributed by atoms with van der Waals surface area (Å²) in [5.41, 5.74) is 1.06. The first-order chi connectivity index (χ1) is 8.65. The van der Waals surface area contributed by atoms with Gasteiger partial charge in [0, 0.05) is 23.8 Å². The van der Waals surface area contributed by atoms with Crippen LogP contribution < -0.4 is 5.32 Å². The van der Waals surface area contributed by atoms with Crippen molar-refractivity contribution < 1.29 is 4.74 Å². The Kier molecular flexibility index (Phi) is 3.18. The summed E-state index contributed by atoms with van der Waals surface area (Å²) in [6.45, 7) is 3.87. The van der Waals surface area contributed by atoms with Crippen LogP contribution in [0.15, 0.2) is 18.2 Å². The van der Waals surface area contributed by atoms with Gasteiger partial charge in [-0.05, 0) is 38.0 Å². The van der Waals surface area contributed by atoms with Gasteiger partial charge in [-0.25, -0.2) is 4.98 Å². The maximum Gasteiger partial charge on any atom is 0.184 e. The smallest absolute Gasteiger partial charge is 0.184 e. The number of nitrogens with zero attached hydrogens (tertiary/aromatic N) is 1. The largest absolute Gasteiger partial charge is 0.381 e. The van der Waals surface area contributed by atoms with Crippen molar-refractivity contribution in [1.29, 1.82) is 0 Å². The van der Waals surface area contributed by atoms with Crippen molar-refractivity contribution >= 4 is 38.3 Å². The molecule has 3 rings (SSSR count). The van der Waals surface area contributed by atoms with Crippen molar-refractivity contribution in [1.82, 2.24) is 4.98 Å². The van der Waals surface area contributed by atoms with Crippen molar-refractivity contribution in [2.24, 2.45) is 0 Å². The summed E-state index contributed by atoms with van der Waals surface area (Å²) in [4.78, 5) is 4.60. The molecule has 0 radical (unpaired) electrons. The lowest BCUT2D eigenvalue weighted by atomic mass is 9.93. The van der Waals surface area contributed by atoms with E-state index >= 15 is 0 Å². The zero-order chi connectivity index (χ0) is 12.6. The second-order valence-electron chi connectivity index (χ2n) is 4.93. The Morgan fingerprint density at radius 3 is 2.94 bits per heavy atom. The molecular weight excluding hydrogens is 268 g/mol. The van der Waals surface area contributed by atoms with E-state index in [1.165, 1.54) is 0 Å². The van der Waals surface area contributed by atoms with E-state index in [9.17, 15) is 0 Å². The zero-order valence-electron chi connectivity index (χ0n) is 10.2. The molecule has 1 saturated heterocycles. The summed E-state index contributed by atoms with van der Waals surface area (Å²) in [5.74, 6) is 0. The third-order valence-corrected chi connectivity index (χ3v) is 4.54. The number of fused-ring (bicyclic) bond motifs is 1. The summed E-state index contributed by atoms with van der Waals surface area (Å²) in [5, 5.41) is 5.25. The number of benzene rings is 1. The van der Waals surface area contributed by atoms with Crippen LogP contribution in [0.1, 0.15) is 19.8 Å². The van der Waals surface area contributed by atoms with Crippen LogP contribution >= 0.6 is 22.9 Å². The molecule has 0 spiro atoms. The van der Waals surface area contributed by atoms with E-state index in [1.807, 2.05) is 18.2 Å². The van der Waals surface area contributed by atoms with E-state index in [-0.39, 0.29) is 5.54 Å².